The Balaban J connectivity index is 4.78. The predicted octanol–water partition coefficient (Wildman–Crippen LogP) is 4.25. The Morgan fingerprint density at radius 2 is 1.93 bits per heavy atom. The molecule has 0 aliphatic carbocycles. The highest BCUT2D eigenvalue weighted by Gasteiger charge is 2.17. The molecular formula is C22H43N5O2. The first-order valence-corrected chi connectivity index (χ1v) is 10.8. The molecule has 1 amide bonds. The molecule has 0 aromatic carbocycles. The van der Waals surface area contributed by atoms with Gasteiger partial charge in [-0.2, -0.15) is 0 Å². The Morgan fingerprint density at radius 1 is 1.24 bits per heavy atom. The van der Waals surface area contributed by atoms with Gasteiger partial charge in [0.2, 0.25) is 0 Å². The van der Waals surface area contributed by atoms with Crippen molar-refractivity contribution in [3.05, 3.63) is 11.6 Å². The average Bonchev–Trinajstić information content (AvgIpc) is 2.61. The van der Waals surface area contributed by atoms with E-state index in [0.29, 0.717) is 37.8 Å². The molecule has 1 unspecified atom stereocenters. The number of ether oxygens (including phenoxy) is 1. The lowest BCUT2D eigenvalue weighted by Gasteiger charge is -2.22. The highest BCUT2D eigenvalue weighted by molar-refractivity contribution is 5.81. The minimum Gasteiger partial charge on any atom is -0.444 e. The fourth-order valence-corrected chi connectivity index (χ4v) is 2.94. The summed E-state index contributed by atoms with van der Waals surface area (Å²) in [5.74, 6) is 0.413. The third kappa shape index (κ3) is 16.7. The van der Waals surface area contributed by atoms with Crippen LogP contribution in [0.15, 0.2) is 16.6 Å². The summed E-state index contributed by atoms with van der Waals surface area (Å²) in [5, 5.41) is 16.8. The molecule has 0 aromatic heterocycles. The summed E-state index contributed by atoms with van der Waals surface area (Å²) in [6.07, 6.45) is 9.48. The van der Waals surface area contributed by atoms with Crippen molar-refractivity contribution in [1.82, 2.24) is 16.0 Å². The number of carbonyl (C=O) groups excluding carboxylic acids is 1. The van der Waals surface area contributed by atoms with Gasteiger partial charge in [0.05, 0.1) is 19.6 Å². The highest BCUT2D eigenvalue weighted by Crippen LogP contribution is 2.26. The van der Waals surface area contributed by atoms with Crippen molar-refractivity contribution in [2.24, 2.45) is 10.9 Å². The molecule has 0 radical (unpaired) electrons. The first-order chi connectivity index (χ1) is 13.7. The SMILES string of the molecule is CCCCC(CCCNC(=O)OC(C)(C)C)/C(=C/CN=CNCNC)CC(C)=N. The van der Waals surface area contributed by atoms with Crippen LogP contribution in [0.2, 0.25) is 0 Å². The third-order valence-electron chi connectivity index (χ3n) is 4.22. The molecule has 29 heavy (non-hydrogen) atoms. The fourth-order valence-electron chi connectivity index (χ4n) is 2.94. The summed E-state index contributed by atoms with van der Waals surface area (Å²) in [5.41, 5.74) is 1.48. The van der Waals surface area contributed by atoms with Gasteiger partial charge in [-0.05, 0) is 59.9 Å². The van der Waals surface area contributed by atoms with E-state index >= 15 is 0 Å². The highest BCUT2D eigenvalue weighted by atomic mass is 16.6. The van der Waals surface area contributed by atoms with Crippen LogP contribution in [-0.2, 0) is 4.74 Å². The van der Waals surface area contributed by atoms with Gasteiger partial charge < -0.3 is 26.1 Å². The molecule has 7 heteroatoms. The van der Waals surface area contributed by atoms with Gasteiger partial charge in [-0.15, -0.1) is 0 Å². The summed E-state index contributed by atoms with van der Waals surface area (Å²) in [6.45, 7) is 11.5. The molecule has 0 aliphatic heterocycles. The minimum atomic E-state index is -0.478. The van der Waals surface area contributed by atoms with Crippen LogP contribution in [-0.4, -0.2) is 50.6 Å². The van der Waals surface area contributed by atoms with E-state index < -0.39 is 5.60 Å². The van der Waals surface area contributed by atoms with E-state index in [-0.39, 0.29) is 6.09 Å². The number of carbonyl (C=O) groups is 1. The van der Waals surface area contributed by atoms with Gasteiger partial charge in [0.25, 0.3) is 0 Å². The van der Waals surface area contributed by atoms with Gasteiger partial charge in [0.1, 0.15) is 5.60 Å². The number of amides is 1. The number of nitrogens with zero attached hydrogens (tertiary/aromatic N) is 1. The number of nitrogens with one attached hydrogen (secondary N) is 4. The maximum absolute atomic E-state index is 11.8. The van der Waals surface area contributed by atoms with Gasteiger partial charge in [-0.3, -0.25) is 4.99 Å². The first kappa shape index (κ1) is 27.1. The predicted molar refractivity (Wildman–Crippen MR) is 123 cm³/mol. The number of unbranched alkanes of at least 4 members (excludes halogenated alkanes) is 1. The zero-order valence-electron chi connectivity index (χ0n) is 19.4. The molecule has 0 heterocycles. The van der Waals surface area contributed by atoms with Crippen molar-refractivity contribution < 1.29 is 9.53 Å². The lowest BCUT2D eigenvalue weighted by Crippen LogP contribution is -2.33. The second kappa shape index (κ2) is 16.0. The van der Waals surface area contributed by atoms with Crippen molar-refractivity contribution in [3.8, 4) is 0 Å². The maximum Gasteiger partial charge on any atom is 0.407 e. The number of hydrogen-bond donors (Lipinski definition) is 4. The van der Waals surface area contributed by atoms with Crippen LogP contribution in [0.25, 0.3) is 0 Å². The van der Waals surface area contributed by atoms with Crippen molar-refractivity contribution >= 4 is 18.1 Å². The molecule has 0 fully saturated rings. The molecule has 0 spiro atoms. The largest absolute Gasteiger partial charge is 0.444 e. The summed E-state index contributed by atoms with van der Waals surface area (Å²) in [4.78, 5) is 16.2. The Bertz CT molecular complexity index is 524. The Kier molecular flexibility index (Phi) is 14.9. The minimum absolute atomic E-state index is 0.364. The molecule has 0 saturated heterocycles. The number of hydrogen-bond acceptors (Lipinski definition) is 5. The lowest BCUT2D eigenvalue weighted by molar-refractivity contribution is 0.0526. The zero-order valence-corrected chi connectivity index (χ0v) is 19.4. The first-order valence-electron chi connectivity index (χ1n) is 10.8. The van der Waals surface area contributed by atoms with E-state index in [2.05, 4.69) is 33.9 Å². The second-order valence-corrected chi connectivity index (χ2v) is 8.37. The number of allylic oxidation sites excluding steroid dienone is 1. The average molecular weight is 410 g/mol. The topological polar surface area (TPSA) is 98.6 Å². The smallest absolute Gasteiger partial charge is 0.407 e. The molecule has 0 bridgehead atoms. The van der Waals surface area contributed by atoms with E-state index in [1.54, 1.807) is 6.34 Å². The number of rotatable bonds is 15. The third-order valence-corrected chi connectivity index (χ3v) is 4.22. The Labute approximate surface area is 177 Å². The van der Waals surface area contributed by atoms with Gasteiger partial charge in [-0.1, -0.05) is 31.4 Å². The molecule has 0 saturated carbocycles. The van der Waals surface area contributed by atoms with Crippen LogP contribution in [0, 0.1) is 11.3 Å². The Hall–Kier alpha value is -1.89. The summed E-state index contributed by atoms with van der Waals surface area (Å²) in [6, 6.07) is 0. The second-order valence-electron chi connectivity index (χ2n) is 8.37. The van der Waals surface area contributed by atoms with E-state index in [1.807, 2.05) is 34.7 Å². The standard InChI is InChI=1S/C22H43N5O2/c1-7-8-10-19(11-9-13-27-21(28)29-22(3,4)5)20(15-18(2)23)12-14-25-17-26-16-24-6/h12,17,19,23-24H,7-11,13-16H2,1-6H3,(H,25,26)(H,27,28)/b20-12+,23-18?. The van der Waals surface area contributed by atoms with Crippen LogP contribution in [0.4, 0.5) is 4.79 Å². The molecule has 168 valence electrons. The van der Waals surface area contributed by atoms with Crippen LogP contribution >= 0.6 is 0 Å². The van der Waals surface area contributed by atoms with Crippen molar-refractivity contribution in [2.75, 3.05) is 26.8 Å². The summed E-state index contributed by atoms with van der Waals surface area (Å²) < 4.78 is 5.29. The molecule has 0 aliphatic rings. The van der Waals surface area contributed by atoms with E-state index in [9.17, 15) is 4.79 Å². The van der Waals surface area contributed by atoms with Gasteiger partial charge >= 0.3 is 6.09 Å². The quantitative estimate of drug-likeness (QED) is 0.107. The van der Waals surface area contributed by atoms with Gasteiger partial charge in [0, 0.05) is 18.7 Å². The van der Waals surface area contributed by atoms with Crippen LogP contribution < -0.4 is 16.0 Å². The van der Waals surface area contributed by atoms with Crippen molar-refractivity contribution in [1.29, 1.82) is 5.41 Å². The van der Waals surface area contributed by atoms with Gasteiger partial charge in [0.15, 0.2) is 0 Å². The lowest BCUT2D eigenvalue weighted by atomic mass is 9.86. The number of alkyl carbamates (subject to hydrolysis) is 1. The maximum atomic E-state index is 11.8. The monoisotopic (exact) mass is 409 g/mol. The molecule has 1 atom stereocenters. The summed E-state index contributed by atoms with van der Waals surface area (Å²) in [7, 11) is 1.88. The Morgan fingerprint density at radius 3 is 2.52 bits per heavy atom. The normalized spacial score (nSPS) is 13.4. The molecule has 0 rings (SSSR count). The summed E-state index contributed by atoms with van der Waals surface area (Å²) >= 11 is 0. The van der Waals surface area contributed by atoms with Crippen LogP contribution in [0.1, 0.15) is 73.1 Å². The molecule has 7 nitrogen and oxygen atoms in total. The fraction of sp³-hybridized carbons (Fsp3) is 0.773. The van der Waals surface area contributed by atoms with E-state index in [4.69, 9.17) is 10.1 Å². The van der Waals surface area contributed by atoms with E-state index in [0.717, 1.165) is 32.1 Å². The zero-order chi connectivity index (χ0) is 22.1. The van der Waals surface area contributed by atoms with Crippen molar-refractivity contribution in [3.63, 3.8) is 0 Å². The number of aliphatic imine (C=N–C) groups is 1. The molecule has 4 N–H and O–H groups in total. The molecular weight excluding hydrogens is 366 g/mol. The molecule has 0 aromatic rings. The van der Waals surface area contributed by atoms with Crippen LogP contribution in [0.5, 0.6) is 0 Å². The van der Waals surface area contributed by atoms with Crippen molar-refractivity contribution in [2.45, 2.75) is 78.7 Å². The van der Waals surface area contributed by atoms with E-state index in [1.165, 1.54) is 5.57 Å². The van der Waals surface area contributed by atoms with Crippen LogP contribution in [0.3, 0.4) is 0 Å². The van der Waals surface area contributed by atoms with Gasteiger partial charge in [-0.25, -0.2) is 4.79 Å².